The second-order valence-electron chi connectivity index (χ2n) is 7.31. The van der Waals surface area contributed by atoms with E-state index in [0.29, 0.717) is 40.9 Å². The van der Waals surface area contributed by atoms with Crippen molar-refractivity contribution >= 4 is 34.3 Å². The van der Waals surface area contributed by atoms with E-state index < -0.39 is 12.6 Å². The Labute approximate surface area is 177 Å². The van der Waals surface area contributed by atoms with E-state index in [1.54, 1.807) is 53.4 Å². The van der Waals surface area contributed by atoms with Gasteiger partial charge >= 0.3 is 5.97 Å². The number of rotatable bonds is 7. The maximum atomic E-state index is 12.4. The molecule has 2 aromatic carbocycles. The Morgan fingerprint density at radius 3 is 2.74 bits per heavy atom. The number of carbonyl (C=O) groups is 3. The number of esters is 1. The van der Waals surface area contributed by atoms with Crippen LogP contribution >= 0.6 is 0 Å². The van der Waals surface area contributed by atoms with Crippen molar-refractivity contribution in [1.82, 2.24) is 9.97 Å². The molecule has 158 valence electrons. The summed E-state index contributed by atoms with van der Waals surface area (Å²) in [5.41, 5.74) is 1.35. The van der Waals surface area contributed by atoms with Crippen LogP contribution in [0.2, 0.25) is 0 Å². The molecule has 1 aliphatic rings. The minimum absolute atomic E-state index is 0.0170. The molecule has 1 aliphatic heterocycles. The zero-order chi connectivity index (χ0) is 21.8. The highest BCUT2D eigenvalue weighted by Crippen LogP contribution is 2.22. The van der Waals surface area contributed by atoms with Crippen molar-refractivity contribution in [3.05, 3.63) is 70.3 Å². The number of ketones is 1. The first-order chi connectivity index (χ1) is 15.0. The quantitative estimate of drug-likeness (QED) is 0.465. The van der Waals surface area contributed by atoms with Crippen molar-refractivity contribution in [2.45, 2.75) is 25.7 Å². The number of aromatic amines is 1. The van der Waals surface area contributed by atoms with E-state index in [1.165, 1.54) is 0 Å². The van der Waals surface area contributed by atoms with Crippen LogP contribution in [0.5, 0.6) is 0 Å². The monoisotopic (exact) mass is 419 g/mol. The molecule has 1 aromatic heterocycles. The molecule has 0 unspecified atom stereocenters. The lowest BCUT2D eigenvalue weighted by Gasteiger charge is -2.16. The zero-order valence-electron chi connectivity index (χ0n) is 16.8. The normalized spacial score (nSPS) is 13.5. The third-order valence-electron chi connectivity index (χ3n) is 5.15. The highest BCUT2D eigenvalue weighted by Gasteiger charge is 2.22. The minimum Gasteiger partial charge on any atom is -0.457 e. The first-order valence-corrected chi connectivity index (χ1v) is 10.1. The fourth-order valence-corrected chi connectivity index (χ4v) is 3.54. The molecular weight excluding hydrogens is 398 g/mol. The maximum Gasteiger partial charge on any atom is 0.306 e. The maximum absolute atomic E-state index is 12.4. The highest BCUT2D eigenvalue weighted by atomic mass is 16.5. The number of amides is 1. The van der Waals surface area contributed by atoms with Crippen molar-refractivity contribution in [3.63, 3.8) is 0 Å². The number of hydrogen-bond acceptors (Lipinski definition) is 6. The molecule has 0 saturated carbocycles. The van der Waals surface area contributed by atoms with Gasteiger partial charge < -0.3 is 14.6 Å². The topological polar surface area (TPSA) is 109 Å². The number of hydrogen-bond donors (Lipinski definition) is 1. The van der Waals surface area contributed by atoms with Crippen molar-refractivity contribution in [2.75, 3.05) is 18.1 Å². The number of fused-ring (bicyclic) bond motifs is 1. The van der Waals surface area contributed by atoms with Gasteiger partial charge in [-0.3, -0.25) is 19.2 Å². The Bertz CT molecular complexity index is 1220. The third-order valence-corrected chi connectivity index (χ3v) is 5.15. The van der Waals surface area contributed by atoms with Crippen molar-refractivity contribution in [3.8, 4) is 0 Å². The number of nitrogens with one attached hydrogen (secondary N) is 1. The van der Waals surface area contributed by atoms with E-state index in [1.807, 2.05) is 0 Å². The van der Waals surface area contributed by atoms with Crippen LogP contribution < -0.4 is 10.5 Å². The Hall–Kier alpha value is -3.81. The van der Waals surface area contributed by atoms with Gasteiger partial charge in [-0.1, -0.05) is 24.3 Å². The predicted octanol–water partition coefficient (Wildman–Crippen LogP) is 2.41. The first-order valence-electron chi connectivity index (χ1n) is 10.1. The van der Waals surface area contributed by atoms with Crippen LogP contribution in [-0.2, 0) is 20.7 Å². The Morgan fingerprint density at radius 1 is 1.10 bits per heavy atom. The molecule has 8 heteroatoms. The average molecular weight is 419 g/mol. The van der Waals surface area contributed by atoms with Gasteiger partial charge in [0.2, 0.25) is 5.91 Å². The van der Waals surface area contributed by atoms with Crippen molar-refractivity contribution in [1.29, 1.82) is 0 Å². The van der Waals surface area contributed by atoms with E-state index in [0.717, 1.165) is 6.42 Å². The molecule has 0 spiro atoms. The second kappa shape index (κ2) is 8.91. The molecule has 0 atom stereocenters. The van der Waals surface area contributed by atoms with Gasteiger partial charge in [0.15, 0.2) is 12.4 Å². The molecule has 0 aliphatic carbocycles. The van der Waals surface area contributed by atoms with E-state index >= 15 is 0 Å². The van der Waals surface area contributed by atoms with Crippen LogP contribution in [0.1, 0.15) is 35.4 Å². The van der Waals surface area contributed by atoms with Gasteiger partial charge in [0.25, 0.3) is 5.56 Å². The molecule has 1 saturated heterocycles. The van der Waals surface area contributed by atoms with Gasteiger partial charge in [-0.15, -0.1) is 0 Å². The van der Waals surface area contributed by atoms with Gasteiger partial charge in [0.1, 0.15) is 5.82 Å². The lowest BCUT2D eigenvalue weighted by Crippen LogP contribution is -2.24. The molecule has 3 aromatic rings. The molecule has 2 heterocycles. The SMILES string of the molecule is O=C(CCc1nc2ccccc2c(=O)[nH]1)OCC(=O)c1cccc(N2CCCC2=O)c1. The average Bonchev–Trinajstić information content (AvgIpc) is 3.22. The molecule has 1 N–H and O–H groups in total. The third kappa shape index (κ3) is 4.69. The molecule has 4 rings (SSSR count). The van der Waals surface area contributed by atoms with Crippen LogP contribution in [0, 0.1) is 0 Å². The zero-order valence-corrected chi connectivity index (χ0v) is 16.8. The number of carbonyl (C=O) groups excluding carboxylic acids is 3. The molecule has 8 nitrogen and oxygen atoms in total. The summed E-state index contributed by atoms with van der Waals surface area (Å²) in [5, 5.41) is 0.484. The molecular formula is C23H21N3O5. The number of ether oxygens (including phenoxy) is 1. The Morgan fingerprint density at radius 2 is 1.94 bits per heavy atom. The van der Waals surface area contributed by atoms with Crippen LogP contribution in [0.3, 0.4) is 0 Å². The van der Waals surface area contributed by atoms with Crippen LogP contribution in [0.15, 0.2) is 53.3 Å². The summed E-state index contributed by atoms with van der Waals surface area (Å²) in [7, 11) is 0. The summed E-state index contributed by atoms with van der Waals surface area (Å²) < 4.78 is 5.10. The van der Waals surface area contributed by atoms with E-state index in [9.17, 15) is 19.2 Å². The number of nitrogens with zero attached hydrogens (tertiary/aromatic N) is 2. The second-order valence-corrected chi connectivity index (χ2v) is 7.31. The fraction of sp³-hybridized carbons (Fsp3) is 0.261. The van der Waals surface area contributed by atoms with Gasteiger partial charge in [-0.25, -0.2) is 4.98 Å². The predicted molar refractivity (Wildman–Crippen MR) is 114 cm³/mol. The van der Waals surface area contributed by atoms with Crippen molar-refractivity contribution < 1.29 is 19.1 Å². The number of benzene rings is 2. The van der Waals surface area contributed by atoms with Gasteiger partial charge in [-0.2, -0.15) is 0 Å². The summed E-state index contributed by atoms with van der Waals surface area (Å²) in [4.78, 5) is 57.1. The molecule has 1 amide bonds. The summed E-state index contributed by atoms with van der Waals surface area (Å²) >= 11 is 0. The van der Waals surface area contributed by atoms with Crippen LogP contribution in [0.4, 0.5) is 5.69 Å². The summed E-state index contributed by atoms with van der Waals surface area (Å²) in [6, 6.07) is 13.7. The Balaban J connectivity index is 1.32. The van der Waals surface area contributed by atoms with Gasteiger partial charge in [-0.05, 0) is 30.7 Å². The summed E-state index contributed by atoms with van der Waals surface area (Å²) in [6.07, 6.45) is 1.48. The standard InChI is InChI=1S/C23H21N3O5/c27-19(15-5-3-6-16(13-15)26-12-4-9-21(26)28)14-31-22(29)11-10-20-24-18-8-2-1-7-17(18)23(30)25-20/h1-3,5-8,13H,4,9-12,14H2,(H,24,25,30). The van der Waals surface area contributed by atoms with E-state index in [2.05, 4.69) is 9.97 Å². The highest BCUT2D eigenvalue weighted by molar-refractivity contribution is 6.01. The van der Waals surface area contributed by atoms with Crippen molar-refractivity contribution in [2.24, 2.45) is 0 Å². The lowest BCUT2D eigenvalue weighted by molar-refractivity contribution is -0.142. The fourth-order valence-electron chi connectivity index (χ4n) is 3.54. The largest absolute Gasteiger partial charge is 0.457 e. The lowest BCUT2D eigenvalue weighted by atomic mass is 10.1. The first kappa shape index (κ1) is 20.5. The molecule has 0 bridgehead atoms. The van der Waals surface area contributed by atoms with Gasteiger partial charge in [0.05, 0.1) is 17.3 Å². The summed E-state index contributed by atoms with van der Waals surface area (Å²) in [5.74, 6) is -0.486. The van der Waals surface area contributed by atoms with Gasteiger partial charge in [0, 0.05) is 30.6 Å². The Kier molecular flexibility index (Phi) is 5.88. The number of aryl methyl sites for hydroxylation is 1. The molecule has 31 heavy (non-hydrogen) atoms. The molecule has 0 radical (unpaired) electrons. The van der Waals surface area contributed by atoms with Crippen LogP contribution in [-0.4, -0.2) is 40.8 Å². The van der Waals surface area contributed by atoms with Crippen LogP contribution in [0.25, 0.3) is 10.9 Å². The van der Waals surface area contributed by atoms with E-state index in [-0.39, 0.29) is 30.1 Å². The number of aromatic nitrogens is 2. The number of para-hydroxylation sites is 1. The molecule has 1 fully saturated rings. The number of Topliss-reactive ketones (excluding diaryl/α,β-unsaturated/α-hetero) is 1. The van der Waals surface area contributed by atoms with E-state index in [4.69, 9.17) is 4.74 Å². The number of anilines is 1. The number of H-pyrrole nitrogens is 1. The smallest absolute Gasteiger partial charge is 0.306 e. The minimum atomic E-state index is -0.560. The summed E-state index contributed by atoms with van der Waals surface area (Å²) in [6.45, 7) is 0.244.